The van der Waals surface area contributed by atoms with Crippen LogP contribution in [0.5, 0.6) is 0 Å². The fourth-order valence-electron chi connectivity index (χ4n) is 3.67. The molecule has 3 heterocycles. The standard InChI is InChI=1S/C19H25N5O4S2/c1-28-10-9-23(16-6-11-30(26,27)13-16)17(25)12-29-19-22-21-18(24(19)15-2-3-15)14-4-7-20-8-5-14/h4-5,7-8,15-16H,2-3,6,9-13H2,1H3/t16-/m1/s1. The van der Waals surface area contributed by atoms with Crippen molar-refractivity contribution < 1.29 is 17.9 Å². The van der Waals surface area contributed by atoms with Gasteiger partial charge < -0.3 is 9.64 Å². The normalized spacial score (nSPS) is 20.4. The van der Waals surface area contributed by atoms with Crippen molar-refractivity contribution in [1.82, 2.24) is 24.6 Å². The van der Waals surface area contributed by atoms with Crippen molar-refractivity contribution in [1.29, 1.82) is 0 Å². The Morgan fingerprint density at radius 1 is 1.27 bits per heavy atom. The fourth-order valence-corrected chi connectivity index (χ4v) is 6.29. The minimum absolute atomic E-state index is 0.0254. The number of carbonyl (C=O) groups excluding carboxylic acids is 1. The first-order valence-corrected chi connectivity index (χ1v) is 12.8. The molecule has 1 amide bonds. The molecule has 2 fully saturated rings. The highest BCUT2D eigenvalue weighted by molar-refractivity contribution is 7.99. The highest BCUT2D eigenvalue weighted by atomic mass is 32.2. The van der Waals surface area contributed by atoms with Crippen LogP contribution in [0.4, 0.5) is 0 Å². The van der Waals surface area contributed by atoms with Gasteiger partial charge in [-0.25, -0.2) is 8.42 Å². The molecule has 0 N–H and O–H groups in total. The van der Waals surface area contributed by atoms with Crippen LogP contribution in [0.3, 0.4) is 0 Å². The average molecular weight is 452 g/mol. The molecule has 1 atom stereocenters. The maximum absolute atomic E-state index is 13.0. The number of hydrogen-bond donors (Lipinski definition) is 0. The average Bonchev–Trinajstić information content (AvgIpc) is 3.39. The zero-order valence-corrected chi connectivity index (χ0v) is 18.4. The van der Waals surface area contributed by atoms with Gasteiger partial charge in [-0.1, -0.05) is 11.8 Å². The molecule has 1 aliphatic heterocycles. The summed E-state index contributed by atoms with van der Waals surface area (Å²) in [5.41, 5.74) is 0.945. The molecule has 2 aromatic rings. The van der Waals surface area contributed by atoms with Gasteiger partial charge in [-0.3, -0.25) is 14.3 Å². The number of thioether (sulfide) groups is 1. The number of sulfone groups is 1. The quantitative estimate of drug-likeness (QED) is 0.527. The lowest BCUT2D eigenvalue weighted by Crippen LogP contribution is -2.44. The van der Waals surface area contributed by atoms with Crippen LogP contribution in [0.25, 0.3) is 11.4 Å². The number of aromatic nitrogens is 4. The van der Waals surface area contributed by atoms with Gasteiger partial charge in [0.1, 0.15) is 0 Å². The van der Waals surface area contributed by atoms with E-state index in [1.54, 1.807) is 24.4 Å². The number of ether oxygens (including phenoxy) is 1. The third-order valence-electron chi connectivity index (χ3n) is 5.35. The van der Waals surface area contributed by atoms with Gasteiger partial charge in [0.15, 0.2) is 20.8 Å². The van der Waals surface area contributed by atoms with E-state index in [0.29, 0.717) is 30.8 Å². The minimum Gasteiger partial charge on any atom is -0.383 e. The number of amides is 1. The first kappa shape index (κ1) is 21.3. The molecule has 9 nitrogen and oxygen atoms in total. The van der Waals surface area contributed by atoms with Gasteiger partial charge in [0.05, 0.1) is 23.9 Å². The molecule has 0 bridgehead atoms. The van der Waals surface area contributed by atoms with Crippen molar-refractivity contribution in [3.05, 3.63) is 24.5 Å². The summed E-state index contributed by atoms with van der Waals surface area (Å²) in [5, 5.41) is 9.40. The van der Waals surface area contributed by atoms with Gasteiger partial charge in [-0.2, -0.15) is 0 Å². The Morgan fingerprint density at radius 3 is 2.67 bits per heavy atom. The van der Waals surface area contributed by atoms with Crippen LogP contribution in [-0.2, 0) is 19.4 Å². The zero-order valence-electron chi connectivity index (χ0n) is 16.8. The van der Waals surface area contributed by atoms with E-state index in [4.69, 9.17) is 4.74 Å². The summed E-state index contributed by atoms with van der Waals surface area (Å²) in [4.78, 5) is 18.7. The van der Waals surface area contributed by atoms with Crippen molar-refractivity contribution >= 4 is 27.5 Å². The van der Waals surface area contributed by atoms with E-state index < -0.39 is 9.84 Å². The Balaban J connectivity index is 1.48. The lowest BCUT2D eigenvalue weighted by atomic mass is 10.2. The number of carbonyl (C=O) groups is 1. The summed E-state index contributed by atoms with van der Waals surface area (Å²) in [6, 6.07) is 3.86. The lowest BCUT2D eigenvalue weighted by molar-refractivity contribution is -0.130. The molecule has 0 aromatic carbocycles. The number of pyridine rings is 1. The number of hydrogen-bond acceptors (Lipinski definition) is 8. The van der Waals surface area contributed by atoms with E-state index in [1.807, 2.05) is 12.1 Å². The Kier molecular flexibility index (Phi) is 6.40. The summed E-state index contributed by atoms with van der Waals surface area (Å²) in [7, 11) is -1.51. The number of rotatable bonds is 9. The van der Waals surface area contributed by atoms with Gasteiger partial charge in [-0.15, -0.1) is 10.2 Å². The van der Waals surface area contributed by atoms with Gasteiger partial charge in [-0.05, 0) is 31.4 Å². The van der Waals surface area contributed by atoms with Crippen molar-refractivity contribution in [2.45, 2.75) is 36.5 Å². The molecule has 4 rings (SSSR count). The van der Waals surface area contributed by atoms with Crippen molar-refractivity contribution in [2.75, 3.05) is 37.5 Å². The van der Waals surface area contributed by atoms with Crippen LogP contribution in [0.2, 0.25) is 0 Å². The minimum atomic E-state index is -3.08. The van der Waals surface area contributed by atoms with E-state index >= 15 is 0 Å². The van der Waals surface area contributed by atoms with Crippen molar-refractivity contribution in [3.63, 3.8) is 0 Å². The summed E-state index contributed by atoms with van der Waals surface area (Å²) in [6.45, 7) is 0.755. The van der Waals surface area contributed by atoms with Crippen LogP contribution in [0.1, 0.15) is 25.3 Å². The van der Waals surface area contributed by atoms with Crippen LogP contribution < -0.4 is 0 Å². The molecule has 1 saturated carbocycles. The Labute approximate surface area is 180 Å². The molecule has 1 aliphatic carbocycles. The van der Waals surface area contributed by atoms with Gasteiger partial charge >= 0.3 is 0 Å². The highest BCUT2D eigenvalue weighted by Gasteiger charge is 2.35. The third kappa shape index (κ3) is 4.84. The monoisotopic (exact) mass is 451 g/mol. The Morgan fingerprint density at radius 2 is 2.03 bits per heavy atom. The second-order valence-corrected chi connectivity index (χ2v) is 10.7. The van der Waals surface area contributed by atoms with Crippen LogP contribution in [-0.4, -0.2) is 82.5 Å². The Bertz CT molecular complexity index is 992. The van der Waals surface area contributed by atoms with Crippen molar-refractivity contribution in [3.8, 4) is 11.4 Å². The van der Waals surface area contributed by atoms with Crippen molar-refractivity contribution in [2.24, 2.45) is 0 Å². The SMILES string of the molecule is COCCN(C(=O)CSc1nnc(-c2ccncc2)n1C1CC1)[C@@H]1CCS(=O)(=O)C1. The molecule has 0 unspecified atom stereocenters. The smallest absolute Gasteiger partial charge is 0.233 e. The predicted molar refractivity (Wildman–Crippen MR) is 113 cm³/mol. The summed E-state index contributed by atoms with van der Waals surface area (Å²) in [6.07, 6.45) is 6.06. The van der Waals surface area contributed by atoms with E-state index in [2.05, 4.69) is 19.7 Å². The van der Waals surface area contributed by atoms with Crippen LogP contribution >= 0.6 is 11.8 Å². The maximum Gasteiger partial charge on any atom is 0.233 e. The van der Waals surface area contributed by atoms with Gasteiger partial charge in [0.25, 0.3) is 0 Å². The topological polar surface area (TPSA) is 107 Å². The molecule has 0 radical (unpaired) electrons. The van der Waals surface area contributed by atoms with Gasteiger partial charge in [0.2, 0.25) is 5.91 Å². The molecule has 2 aromatic heterocycles. The van der Waals surface area contributed by atoms with Crippen LogP contribution in [0, 0.1) is 0 Å². The summed E-state index contributed by atoms with van der Waals surface area (Å²) in [5.74, 6) is 1.02. The van der Waals surface area contributed by atoms with Gasteiger partial charge in [0, 0.05) is 43.7 Å². The zero-order chi connectivity index (χ0) is 21.1. The molecule has 1 saturated heterocycles. The fraction of sp³-hybridized carbons (Fsp3) is 0.579. The molecule has 0 spiro atoms. The van der Waals surface area contributed by atoms with E-state index in [0.717, 1.165) is 24.2 Å². The summed E-state index contributed by atoms with van der Waals surface area (Å²) < 4.78 is 31.0. The molecule has 11 heteroatoms. The third-order valence-corrected chi connectivity index (χ3v) is 8.02. The number of nitrogens with zero attached hydrogens (tertiary/aromatic N) is 5. The first-order chi connectivity index (χ1) is 14.5. The highest BCUT2D eigenvalue weighted by Crippen LogP contribution is 2.41. The number of methoxy groups -OCH3 is 1. The second kappa shape index (κ2) is 9.03. The largest absolute Gasteiger partial charge is 0.383 e. The molecular weight excluding hydrogens is 426 g/mol. The van der Waals surface area contributed by atoms with E-state index in [-0.39, 0.29) is 29.2 Å². The van der Waals surface area contributed by atoms with E-state index in [9.17, 15) is 13.2 Å². The predicted octanol–water partition coefficient (Wildman–Crippen LogP) is 1.43. The molecule has 162 valence electrons. The molecule has 2 aliphatic rings. The summed E-state index contributed by atoms with van der Waals surface area (Å²) >= 11 is 1.35. The maximum atomic E-state index is 13.0. The molecule has 30 heavy (non-hydrogen) atoms. The first-order valence-electron chi connectivity index (χ1n) is 9.95. The second-order valence-electron chi connectivity index (χ2n) is 7.57. The van der Waals surface area contributed by atoms with Crippen LogP contribution in [0.15, 0.2) is 29.7 Å². The lowest BCUT2D eigenvalue weighted by Gasteiger charge is -2.28. The van der Waals surface area contributed by atoms with E-state index in [1.165, 1.54) is 11.8 Å². The Hall–Kier alpha value is -1.98. The molecular formula is C19H25N5O4S2.